The molecule has 0 unspecified atom stereocenters. The van der Waals surface area contributed by atoms with Gasteiger partial charge < -0.3 is 4.98 Å². The van der Waals surface area contributed by atoms with Crippen LogP contribution in [0.2, 0.25) is 4.34 Å². The molecule has 0 fully saturated rings. The van der Waals surface area contributed by atoms with E-state index in [1.165, 1.54) is 16.9 Å². The van der Waals surface area contributed by atoms with Crippen LogP contribution in [0, 0.1) is 13.8 Å². The normalized spacial score (nSPS) is 11.1. The summed E-state index contributed by atoms with van der Waals surface area (Å²) in [4.78, 5) is 15.8. The lowest BCUT2D eigenvalue weighted by Crippen LogP contribution is -1.84. The van der Waals surface area contributed by atoms with Crippen molar-refractivity contribution < 1.29 is 4.79 Å². The third-order valence-corrected chi connectivity index (χ3v) is 4.46. The van der Waals surface area contributed by atoms with E-state index < -0.39 is 0 Å². The average Bonchev–Trinajstić information content (AvgIpc) is 2.91. The second-order valence-corrected chi connectivity index (χ2v) is 6.35. The van der Waals surface area contributed by atoms with E-state index in [0.717, 1.165) is 37.7 Å². The lowest BCUT2D eigenvalue weighted by molar-refractivity contribution is 0.112. The molecule has 1 aromatic carbocycles. The van der Waals surface area contributed by atoms with Gasteiger partial charge in [0.25, 0.3) is 0 Å². The summed E-state index contributed by atoms with van der Waals surface area (Å²) in [6.07, 6.45) is 0.921. The molecule has 0 atom stereocenters. The number of hydrogen-bond donors (Lipinski definition) is 1. The van der Waals surface area contributed by atoms with E-state index in [9.17, 15) is 4.79 Å². The van der Waals surface area contributed by atoms with Gasteiger partial charge in [-0.1, -0.05) is 17.7 Å². The van der Waals surface area contributed by atoms with Crippen LogP contribution in [0.1, 0.15) is 21.5 Å². The van der Waals surface area contributed by atoms with Crippen molar-refractivity contribution in [3.8, 4) is 10.6 Å². The Balaban J connectivity index is 2.37. The second-order valence-electron chi connectivity index (χ2n) is 4.64. The molecule has 0 bridgehead atoms. The predicted octanol–water partition coefficient (Wildman–Crippen LogP) is 4.98. The van der Waals surface area contributed by atoms with Crippen molar-refractivity contribution >= 4 is 40.1 Å². The van der Waals surface area contributed by atoms with Crippen molar-refractivity contribution in [3.63, 3.8) is 0 Å². The molecule has 2 aromatic heterocycles. The molecule has 19 heavy (non-hydrogen) atoms. The summed E-state index contributed by atoms with van der Waals surface area (Å²) in [6, 6.07) is 7.94. The van der Waals surface area contributed by atoms with E-state index in [1.54, 1.807) is 0 Å². The van der Waals surface area contributed by atoms with E-state index in [2.05, 4.69) is 24.0 Å². The monoisotopic (exact) mass is 289 g/mol. The largest absolute Gasteiger partial charge is 0.353 e. The molecular weight excluding hydrogens is 278 g/mol. The predicted molar refractivity (Wildman–Crippen MR) is 81.5 cm³/mol. The zero-order chi connectivity index (χ0) is 13.6. The number of carbonyl (C=O) groups is 1. The molecule has 0 saturated heterocycles. The van der Waals surface area contributed by atoms with Crippen LogP contribution in [-0.2, 0) is 0 Å². The third-order valence-electron chi connectivity index (χ3n) is 3.22. The standard InChI is InChI=1S/C15H12ClNOS/c1-8-5-9(2)14-10(7-18)15(17-11(14)6-8)12-3-4-13(16)19-12/h3-7,17H,1-2H3. The summed E-state index contributed by atoms with van der Waals surface area (Å²) in [5.74, 6) is 0. The van der Waals surface area contributed by atoms with E-state index in [0.29, 0.717) is 5.56 Å². The van der Waals surface area contributed by atoms with Gasteiger partial charge in [0.2, 0.25) is 0 Å². The Bertz CT molecular complexity index is 785. The molecule has 0 aliphatic rings. The number of fused-ring (bicyclic) bond motifs is 1. The Labute approximate surface area is 120 Å². The maximum absolute atomic E-state index is 11.5. The number of aromatic amines is 1. The summed E-state index contributed by atoms with van der Waals surface area (Å²) in [6.45, 7) is 4.08. The number of benzene rings is 1. The number of carbonyl (C=O) groups excluding carboxylic acids is 1. The molecule has 4 heteroatoms. The van der Waals surface area contributed by atoms with Gasteiger partial charge in [0.05, 0.1) is 14.9 Å². The number of H-pyrrole nitrogens is 1. The van der Waals surface area contributed by atoms with Gasteiger partial charge in [-0.2, -0.15) is 0 Å². The second kappa shape index (κ2) is 4.51. The molecule has 2 nitrogen and oxygen atoms in total. The topological polar surface area (TPSA) is 32.9 Å². The van der Waals surface area contributed by atoms with Crippen LogP contribution < -0.4 is 0 Å². The van der Waals surface area contributed by atoms with Crippen LogP contribution in [0.25, 0.3) is 21.5 Å². The van der Waals surface area contributed by atoms with E-state index in [-0.39, 0.29) is 0 Å². The van der Waals surface area contributed by atoms with Gasteiger partial charge in [0.15, 0.2) is 6.29 Å². The molecule has 2 heterocycles. The minimum absolute atomic E-state index is 0.714. The lowest BCUT2D eigenvalue weighted by Gasteiger charge is -1.99. The quantitative estimate of drug-likeness (QED) is 0.663. The number of nitrogens with one attached hydrogen (secondary N) is 1. The zero-order valence-electron chi connectivity index (χ0n) is 10.6. The first kappa shape index (κ1) is 12.5. The van der Waals surface area contributed by atoms with Crippen LogP contribution in [-0.4, -0.2) is 11.3 Å². The van der Waals surface area contributed by atoms with Gasteiger partial charge in [-0.3, -0.25) is 4.79 Å². The van der Waals surface area contributed by atoms with Crippen LogP contribution >= 0.6 is 22.9 Å². The van der Waals surface area contributed by atoms with Gasteiger partial charge in [-0.25, -0.2) is 0 Å². The number of rotatable bonds is 2. The Kier molecular flexibility index (Phi) is 2.96. The molecule has 1 N–H and O–H groups in total. The molecule has 3 rings (SSSR count). The fourth-order valence-corrected chi connectivity index (χ4v) is 3.57. The number of hydrogen-bond acceptors (Lipinski definition) is 2. The number of aryl methyl sites for hydroxylation is 2. The Morgan fingerprint density at radius 2 is 2.05 bits per heavy atom. The van der Waals surface area contributed by atoms with Crippen LogP contribution in [0.4, 0.5) is 0 Å². The van der Waals surface area contributed by atoms with Crippen molar-refractivity contribution in [1.82, 2.24) is 4.98 Å². The SMILES string of the molecule is Cc1cc(C)c2c(C=O)c(-c3ccc(Cl)s3)[nH]c2c1. The summed E-state index contributed by atoms with van der Waals surface area (Å²) >= 11 is 7.45. The lowest BCUT2D eigenvalue weighted by atomic mass is 10.0. The first-order chi connectivity index (χ1) is 9.10. The number of aromatic nitrogens is 1. The fourth-order valence-electron chi connectivity index (χ4n) is 2.51. The molecular formula is C15H12ClNOS. The highest BCUT2D eigenvalue weighted by atomic mass is 35.5. The number of aldehydes is 1. The Hall–Kier alpha value is -1.58. The first-order valence-corrected chi connectivity index (χ1v) is 7.13. The van der Waals surface area contributed by atoms with Crippen LogP contribution in [0.5, 0.6) is 0 Å². The highest BCUT2D eigenvalue weighted by molar-refractivity contribution is 7.19. The number of thiophene rings is 1. The van der Waals surface area contributed by atoms with Gasteiger partial charge >= 0.3 is 0 Å². The number of halogens is 1. The fraction of sp³-hybridized carbons (Fsp3) is 0.133. The summed E-state index contributed by atoms with van der Waals surface area (Å²) in [5.41, 5.74) is 4.86. The molecule has 0 spiro atoms. The molecule has 0 saturated carbocycles. The molecule has 0 amide bonds. The maximum atomic E-state index is 11.5. The summed E-state index contributed by atoms with van der Waals surface area (Å²) in [7, 11) is 0. The van der Waals surface area contributed by atoms with E-state index >= 15 is 0 Å². The average molecular weight is 290 g/mol. The first-order valence-electron chi connectivity index (χ1n) is 5.94. The van der Waals surface area contributed by atoms with E-state index in [4.69, 9.17) is 11.6 Å². The smallest absolute Gasteiger partial charge is 0.152 e. The van der Waals surface area contributed by atoms with Crippen molar-refractivity contribution in [1.29, 1.82) is 0 Å². The van der Waals surface area contributed by atoms with Crippen LogP contribution in [0.15, 0.2) is 24.3 Å². The van der Waals surface area contributed by atoms with Crippen molar-refractivity contribution in [3.05, 3.63) is 45.3 Å². The van der Waals surface area contributed by atoms with Crippen LogP contribution in [0.3, 0.4) is 0 Å². The van der Waals surface area contributed by atoms with Gasteiger partial charge in [0.1, 0.15) is 0 Å². The third kappa shape index (κ3) is 1.99. The highest BCUT2D eigenvalue weighted by Gasteiger charge is 2.16. The van der Waals surface area contributed by atoms with Crippen molar-refractivity contribution in [2.45, 2.75) is 13.8 Å². The minimum Gasteiger partial charge on any atom is -0.353 e. The summed E-state index contributed by atoms with van der Waals surface area (Å²) < 4.78 is 0.721. The Morgan fingerprint density at radius 1 is 1.26 bits per heavy atom. The summed E-state index contributed by atoms with van der Waals surface area (Å²) in [5, 5.41) is 1.00. The molecule has 96 valence electrons. The van der Waals surface area contributed by atoms with Gasteiger partial charge in [-0.15, -0.1) is 11.3 Å². The minimum atomic E-state index is 0.714. The maximum Gasteiger partial charge on any atom is 0.152 e. The van der Waals surface area contributed by atoms with Gasteiger partial charge in [-0.05, 0) is 43.2 Å². The van der Waals surface area contributed by atoms with Gasteiger partial charge in [0, 0.05) is 16.5 Å². The molecule has 0 aliphatic heterocycles. The highest BCUT2D eigenvalue weighted by Crippen LogP contribution is 2.36. The molecule has 0 radical (unpaired) electrons. The van der Waals surface area contributed by atoms with E-state index in [1.807, 2.05) is 19.1 Å². The zero-order valence-corrected chi connectivity index (χ0v) is 12.2. The van der Waals surface area contributed by atoms with Crippen molar-refractivity contribution in [2.75, 3.05) is 0 Å². The molecule has 0 aliphatic carbocycles. The van der Waals surface area contributed by atoms with Crippen molar-refractivity contribution in [2.24, 2.45) is 0 Å². The molecule has 3 aromatic rings. The Morgan fingerprint density at radius 3 is 2.68 bits per heavy atom.